The van der Waals surface area contributed by atoms with E-state index in [1.807, 2.05) is 0 Å². The van der Waals surface area contributed by atoms with Crippen LogP contribution in [0.25, 0.3) is 0 Å². The van der Waals surface area contributed by atoms with Crippen LogP contribution in [0.4, 0.5) is 13.6 Å². The summed E-state index contributed by atoms with van der Waals surface area (Å²) in [6.07, 6.45) is 0.0955. The van der Waals surface area contributed by atoms with Gasteiger partial charge in [0.1, 0.15) is 11.6 Å². The molecule has 4 nitrogen and oxygen atoms in total. The fourth-order valence-electron chi connectivity index (χ4n) is 1.68. The summed E-state index contributed by atoms with van der Waals surface area (Å²) in [6.45, 7) is 2.21. The van der Waals surface area contributed by atoms with Crippen LogP contribution in [-0.4, -0.2) is 42.3 Å². The van der Waals surface area contributed by atoms with E-state index in [1.165, 1.54) is 23.1 Å². The highest BCUT2D eigenvalue weighted by Gasteiger charge is 2.11. The predicted octanol–water partition coefficient (Wildman–Crippen LogP) is 1.92. The first-order valence-corrected chi connectivity index (χ1v) is 6.51. The van der Waals surface area contributed by atoms with Crippen LogP contribution in [-0.2, 0) is 6.42 Å². The van der Waals surface area contributed by atoms with E-state index in [4.69, 9.17) is 5.11 Å². The van der Waals surface area contributed by atoms with Crippen LogP contribution < -0.4 is 5.32 Å². The molecule has 20 heavy (non-hydrogen) atoms. The zero-order valence-electron chi connectivity index (χ0n) is 11.7. The third-order valence-electron chi connectivity index (χ3n) is 2.94. The summed E-state index contributed by atoms with van der Waals surface area (Å²) in [4.78, 5) is 13.1. The highest BCUT2D eigenvalue weighted by atomic mass is 19.1. The summed E-state index contributed by atoms with van der Waals surface area (Å²) >= 11 is 0. The maximum atomic E-state index is 13.4. The average molecular weight is 286 g/mol. The molecule has 1 rings (SSSR count). The Kier molecular flexibility index (Phi) is 6.38. The lowest BCUT2D eigenvalue weighted by molar-refractivity contribution is 0.163. The molecule has 0 saturated carbocycles. The van der Waals surface area contributed by atoms with Gasteiger partial charge in [-0.15, -0.1) is 0 Å². The first kappa shape index (κ1) is 16.4. The summed E-state index contributed by atoms with van der Waals surface area (Å²) in [5, 5.41) is 11.7. The van der Waals surface area contributed by atoms with Gasteiger partial charge in [0.15, 0.2) is 0 Å². The average Bonchev–Trinajstić information content (AvgIpc) is 2.39. The Bertz CT molecular complexity index is 433. The minimum absolute atomic E-state index is 0.0283. The van der Waals surface area contributed by atoms with Crippen molar-refractivity contribution < 1.29 is 18.7 Å². The molecule has 1 unspecified atom stereocenters. The molecule has 1 atom stereocenters. The minimum Gasteiger partial charge on any atom is -0.393 e. The number of nitrogens with one attached hydrogen (secondary N) is 1. The van der Waals surface area contributed by atoms with Crippen LogP contribution in [0.15, 0.2) is 18.2 Å². The van der Waals surface area contributed by atoms with Crippen molar-refractivity contribution in [1.29, 1.82) is 0 Å². The molecule has 2 N–H and O–H groups in total. The van der Waals surface area contributed by atoms with Gasteiger partial charge in [-0.2, -0.15) is 0 Å². The standard InChI is InChI=1S/C14H20F2N2O2/c1-10(19)7-9-18(2)14(20)17-8-6-11-12(15)4-3-5-13(11)16/h3-5,10,19H,6-9H2,1-2H3,(H,17,20). The minimum atomic E-state index is -0.610. The third-order valence-corrected chi connectivity index (χ3v) is 2.94. The van der Waals surface area contributed by atoms with Gasteiger partial charge in [-0.05, 0) is 31.9 Å². The molecule has 0 bridgehead atoms. The van der Waals surface area contributed by atoms with Gasteiger partial charge in [-0.1, -0.05) is 6.07 Å². The molecule has 1 aromatic carbocycles. The van der Waals surface area contributed by atoms with Gasteiger partial charge in [0, 0.05) is 25.7 Å². The number of carbonyl (C=O) groups excluding carboxylic acids is 1. The van der Waals surface area contributed by atoms with E-state index in [9.17, 15) is 13.6 Å². The monoisotopic (exact) mass is 286 g/mol. The number of carbonyl (C=O) groups is 1. The van der Waals surface area contributed by atoms with Crippen molar-refractivity contribution in [2.45, 2.75) is 25.9 Å². The quantitative estimate of drug-likeness (QED) is 0.839. The van der Waals surface area contributed by atoms with E-state index in [1.54, 1.807) is 14.0 Å². The molecule has 0 aliphatic heterocycles. The van der Waals surface area contributed by atoms with Gasteiger partial charge in [0.25, 0.3) is 0 Å². The van der Waals surface area contributed by atoms with E-state index in [0.717, 1.165) is 0 Å². The first-order valence-electron chi connectivity index (χ1n) is 6.51. The molecular weight excluding hydrogens is 266 g/mol. The maximum absolute atomic E-state index is 13.4. The van der Waals surface area contributed by atoms with E-state index < -0.39 is 17.7 Å². The topological polar surface area (TPSA) is 52.6 Å². The number of halogens is 2. The predicted molar refractivity (Wildman–Crippen MR) is 72.4 cm³/mol. The van der Waals surface area contributed by atoms with E-state index in [0.29, 0.717) is 13.0 Å². The number of hydrogen-bond acceptors (Lipinski definition) is 2. The van der Waals surface area contributed by atoms with Crippen molar-refractivity contribution in [3.63, 3.8) is 0 Å². The smallest absolute Gasteiger partial charge is 0.317 e. The molecule has 0 aliphatic rings. The fourth-order valence-corrected chi connectivity index (χ4v) is 1.68. The van der Waals surface area contributed by atoms with Crippen LogP contribution in [0.1, 0.15) is 18.9 Å². The molecule has 0 radical (unpaired) electrons. The Morgan fingerprint density at radius 1 is 1.40 bits per heavy atom. The Balaban J connectivity index is 2.38. The molecule has 112 valence electrons. The Morgan fingerprint density at radius 2 is 2.00 bits per heavy atom. The highest BCUT2D eigenvalue weighted by molar-refractivity contribution is 5.73. The Morgan fingerprint density at radius 3 is 2.55 bits per heavy atom. The van der Waals surface area contributed by atoms with E-state index >= 15 is 0 Å². The van der Waals surface area contributed by atoms with Crippen molar-refractivity contribution >= 4 is 6.03 Å². The summed E-state index contributed by atoms with van der Waals surface area (Å²) in [5.41, 5.74) is -0.0283. The van der Waals surface area contributed by atoms with Crippen molar-refractivity contribution in [2.24, 2.45) is 0 Å². The van der Waals surface area contributed by atoms with Gasteiger partial charge < -0.3 is 15.3 Å². The molecule has 2 amide bonds. The molecular formula is C14H20F2N2O2. The van der Waals surface area contributed by atoms with Crippen LogP contribution >= 0.6 is 0 Å². The van der Waals surface area contributed by atoms with Crippen molar-refractivity contribution in [2.75, 3.05) is 20.1 Å². The molecule has 0 spiro atoms. The van der Waals surface area contributed by atoms with Crippen LogP contribution in [0.5, 0.6) is 0 Å². The second-order valence-electron chi connectivity index (χ2n) is 4.74. The van der Waals surface area contributed by atoms with Gasteiger partial charge >= 0.3 is 6.03 Å². The second kappa shape index (κ2) is 7.79. The zero-order chi connectivity index (χ0) is 15.1. The lowest BCUT2D eigenvalue weighted by Gasteiger charge is -2.18. The summed E-state index contributed by atoms with van der Waals surface area (Å²) in [6, 6.07) is 3.35. The molecule has 0 aliphatic carbocycles. The van der Waals surface area contributed by atoms with Gasteiger partial charge in [-0.3, -0.25) is 0 Å². The number of amides is 2. The Hall–Kier alpha value is -1.69. The van der Waals surface area contributed by atoms with Crippen LogP contribution in [0, 0.1) is 11.6 Å². The third kappa shape index (κ3) is 5.13. The summed E-state index contributed by atoms with van der Waals surface area (Å²) in [5.74, 6) is -1.22. The first-order chi connectivity index (χ1) is 9.41. The van der Waals surface area contributed by atoms with E-state index in [2.05, 4.69) is 5.32 Å². The number of rotatable bonds is 6. The summed E-state index contributed by atoms with van der Waals surface area (Å²) in [7, 11) is 1.60. The molecule has 0 aromatic heterocycles. The fraction of sp³-hybridized carbons (Fsp3) is 0.500. The number of aliphatic hydroxyl groups excluding tert-OH is 1. The lowest BCUT2D eigenvalue weighted by atomic mass is 10.1. The van der Waals surface area contributed by atoms with Gasteiger partial charge in [0.2, 0.25) is 0 Å². The molecule has 0 saturated heterocycles. The molecule has 0 fully saturated rings. The van der Waals surface area contributed by atoms with Gasteiger partial charge in [0.05, 0.1) is 6.10 Å². The van der Waals surface area contributed by atoms with Crippen LogP contribution in [0.2, 0.25) is 0 Å². The van der Waals surface area contributed by atoms with Crippen molar-refractivity contribution in [3.8, 4) is 0 Å². The number of aliphatic hydroxyl groups is 1. The normalized spacial score (nSPS) is 12.1. The van der Waals surface area contributed by atoms with Crippen LogP contribution in [0.3, 0.4) is 0 Å². The van der Waals surface area contributed by atoms with Gasteiger partial charge in [-0.25, -0.2) is 13.6 Å². The van der Waals surface area contributed by atoms with Crippen molar-refractivity contribution in [3.05, 3.63) is 35.4 Å². The largest absolute Gasteiger partial charge is 0.393 e. The molecule has 6 heteroatoms. The SMILES string of the molecule is CC(O)CCN(C)C(=O)NCCc1c(F)cccc1F. The molecule has 0 heterocycles. The zero-order valence-corrected chi connectivity index (χ0v) is 11.7. The molecule has 1 aromatic rings. The number of nitrogens with zero attached hydrogens (tertiary/aromatic N) is 1. The number of hydrogen-bond donors (Lipinski definition) is 2. The number of urea groups is 1. The lowest BCUT2D eigenvalue weighted by Crippen LogP contribution is -2.39. The number of benzene rings is 1. The highest BCUT2D eigenvalue weighted by Crippen LogP contribution is 2.12. The maximum Gasteiger partial charge on any atom is 0.317 e. The van der Waals surface area contributed by atoms with E-state index in [-0.39, 0.29) is 24.6 Å². The summed E-state index contributed by atoms with van der Waals surface area (Å²) < 4.78 is 26.7. The second-order valence-corrected chi connectivity index (χ2v) is 4.74. The van der Waals surface area contributed by atoms with Crippen molar-refractivity contribution in [1.82, 2.24) is 10.2 Å². The Labute approximate surface area is 117 Å².